The molecule has 1 aliphatic carbocycles. The van der Waals surface area contributed by atoms with Gasteiger partial charge in [-0.25, -0.2) is 23.1 Å². The fourth-order valence-corrected chi connectivity index (χ4v) is 5.33. The number of amides is 1. The molecule has 1 fully saturated rings. The molecule has 0 saturated heterocycles. The summed E-state index contributed by atoms with van der Waals surface area (Å²) in [7, 11) is 1.45. The lowest BCUT2D eigenvalue weighted by Gasteiger charge is -2.31. The number of pyridine rings is 2. The van der Waals surface area contributed by atoms with Crippen LogP contribution in [-0.4, -0.2) is 39.7 Å². The summed E-state index contributed by atoms with van der Waals surface area (Å²) in [6, 6.07) is 7.36. The van der Waals surface area contributed by atoms with Crippen LogP contribution >= 0.6 is 23.2 Å². The molecule has 3 N–H and O–H groups in total. The van der Waals surface area contributed by atoms with Crippen LogP contribution in [0.2, 0.25) is 10.0 Å². The minimum absolute atomic E-state index is 0.105. The molecule has 1 saturated carbocycles. The summed E-state index contributed by atoms with van der Waals surface area (Å²) in [6.07, 6.45) is 1.14. The van der Waals surface area contributed by atoms with E-state index >= 15 is 4.39 Å². The van der Waals surface area contributed by atoms with E-state index in [1.807, 2.05) is 0 Å². The van der Waals surface area contributed by atoms with E-state index in [0.29, 0.717) is 46.3 Å². The molecule has 0 unspecified atom stereocenters. The van der Waals surface area contributed by atoms with Crippen molar-refractivity contribution in [2.24, 2.45) is 5.92 Å². The molecular weight excluding hydrogens is 606 g/mol. The van der Waals surface area contributed by atoms with Gasteiger partial charge in [0.15, 0.2) is 5.82 Å². The van der Waals surface area contributed by atoms with E-state index < -0.39 is 50.8 Å². The Morgan fingerprint density at radius 1 is 1.02 bits per heavy atom. The third-order valence-corrected chi connectivity index (χ3v) is 8.26. The summed E-state index contributed by atoms with van der Waals surface area (Å²) in [5, 5.41) is 26.0. The Labute approximate surface area is 255 Å². The van der Waals surface area contributed by atoms with Crippen molar-refractivity contribution >= 4 is 40.0 Å². The molecule has 226 valence electrons. The van der Waals surface area contributed by atoms with Crippen molar-refractivity contribution in [2.75, 3.05) is 13.7 Å². The summed E-state index contributed by atoms with van der Waals surface area (Å²) < 4.78 is 49.9. The number of methoxy groups -OCH3 is 1. The van der Waals surface area contributed by atoms with Crippen LogP contribution in [0.25, 0.3) is 22.2 Å². The average Bonchev–Trinajstić information content (AvgIpc) is 3.79. The molecule has 0 aliphatic heterocycles. The van der Waals surface area contributed by atoms with Crippen LogP contribution in [0.4, 0.5) is 13.2 Å². The maximum atomic E-state index is 15.7. The maximum Gasteiger partial charge on any atom is 0.251 e. The number of aryl methyl sites for hydroxylation is 1. The summed E-state index contributed by atoms with van der Waals surface area (Å²) in [6.45, 7) is 4.04. The van der Waals surface area contributed by atoms with Crippen LogP contribution in [0.5, 0.6) is 5.75 Å². The van der Waals surface area contributed by atoms with Gasteiger partial charge in [-0.3, -0.25) is 4.79 Å². The monoisotopic (exact) mass is 633 g/mol. The Balaban J connectivity index is 1.56. The second kappa shape index (κ2) is 11.2. The number of halogens is 5. The summed E-state index contributed by atoms with van der Waals surface area (Å²) >= 11 is 12.1. The normalized spacial score (nSPS) is 15.0. The van der Waals surface area contributed by atoms with Gasteiger partial charge in [0.1, 0.15) is 34.2 Å². The predicted octanol–water partition coefficient (Wildman–Crippen LogP) is 6.59. The average molecular weight is 634 g/mol. The Morgan fingerprint density at radius 3 is 2.35 bits per heavy atom. The van der Waals surface area contributed by atoms with Gasteiger partial charge in [-0.1, -0.05) is 23.2 Å². The Hall–Kier alpha value is -3.44. The highest BCUT2D eigenvalue weighted by molar-refractivity contribution is 6.32. The minimum Gasteiger partial charge on any atom is -0.494 e. The fraction of sp³-hybridized carbons (Fsp3) is 0.323. The number of aromatic nitrogens is 2. The first-order chi connectivity index (χ1) is 20.1. The van der Waals surface area contributed by atoms with E-state index in [1.165, 1.54) is 33.1 Å². The number of benzene rings is 2. The van der Waals surface area contributed by atoms with Crippen LogP contribution in [-0.2, 0) is 11.2 Å². The lowest BCUT2D eigenvalue weighted by Crippen LogP contribution is -2.43. The first-order valence-electron chi connectivity index (χ1n) is 13.4. The van der Waals surface area contributed by atoms with E-state index in [1.54, 1.807) is 19.1 Å². The zero-order valence-corrected chi connectivity index (χ0v) is 25.2. The standard InChI is InChI=1S/C31H28Cl2F3N3O4/c1-14-20(32)8-15-7-16(9-24(43-4)27(15)38-14)29(40)37-13-31(42,17-5-6-17)25-11-19(30(2,3)41)26(36)28(39-25)18-10-21(33)23(35)12-22(18)34/h7-12,17,41-42H,5-6,13H2,1-4H3,(H,37,40)/t31-/m1/s1. The van der Waals surface area contributed by atoms with Crippen LogP contribution in [0.1, 0.15) is 54.0 Å². The lowest BCUT2D eigenvalue weighted by molar-refractivity contribution is 0.00863. The largest absolute Gasteiger partial charge is 0.494 e. The summed E-state index contributed by atoms with van der Waals surface area (Å²) in [5.74, 6) is -3.84. The molecular formula is C31H28Cl2F3N3O4. The molecule has 2 aromatic heterocycles. The van der Waals surface area contributed by atoms with Crippen molar-refractivity contribution in [2.45, 2.75) is 44.8 Å². The molecule has 0 spiro atoms. The topological polar surface area (TPSA) is 105 Å². The Bertz CT molecular complexity index is 1780. The van der Waals surface area contributed by atoms with Crippen LogP contribution < -0.4 is 10.1 Å². The quantitative estimate of drug-likeness (QED) is 0.189. The number of ether oxygens (including phenoxy) is 1. The van der Waals surface area contributed by atoms with Crippen molar-refractivity contribution in [3.63, 3.8) is 0 Å². The van der Waals surface area contributed by atoms with Crippen molar-refractivity contribution < 1.29 is 32.9 Å². The van der Waals surface area contributed by atoms with Crippen molar-refractivity contribution in [3.8, 4) is 17.0 Å². The van der Waals surface area contributed by atoms with Crippen molar-refractivity contribution in [1.82, 2.24) is 15.3 Å². The van der Waals surface area contributed by atoms with Gasteiger partial charge < -0.3 is 20.3 Å². The molecule has 12 heteroatoms. The molecule has 0 radical (unpaired) electrons. The van der Waals surface area contributed by atoms with Gasteiger partial charge in [0, 0.05) is 28.1 Å². The molecule has 5 rings (SSSR count). The second-order valence-electron chi connectivity index (χ2n) is 11.2. The Kier molecular flexibility index (Phi) is 8.11. The van der Waals surface area contributed by atoms with Crippen LogP contribution in [0, 0.1) is 30.3 Å². The summed E-state index contributed by atoms with van der Waals surface area (Å²) in [4.78, 5) is 22.1. The van der Waals surface area contributed by atoms with E-state index in [9.17, 15) is 23.8 Å². The smallest absolute Gasteiger partial charge is 0.251 e. The number of nitrogens with one attached hydrogen (secondary N) is 1. The van der Waals surface area contributed by atoms with Crippen LogP contribution in [0.15, 0.2) is 36.4 Å². The zero-order chi connectivity index (χ0) is 31.4. The molecule has 4 aromatic rings. The predicted molar refractivity (Wildman–Crippen MR) is 157 cm³/mol. The molecule has 1 atom stereocenters. The van der Waals surface area contributed by atoms with E-state index in [-0.39, 0.29) is 29.3 Å². The lowest BCUT2D eigenvalue weighted by atomic mass is 9.87. The number of aliphatic hydroxyl groups is 2. The van der Waals surface area contributed by atoms with Gasteiger partial charge in [-0.15, -0.1) is 0 Å². The van der Waals surface area contributed by atoms with Crippen LogP contribution in [0.3, 0.4) is 0 Å². The highest BCUT2D eigenvalue weighted by atomic mass is 35.5. The third-order valence-electron chi connectivity index (χ3n) is 7.59. The van der Waals surface area contributed by atoms with Crippen molar-refractivity contribution in [3.05, 3.63) is 86.4 Å². The SMILES string of the molecule is COc1cc(C(=O)NC[C@](O)(c2cc(C(C)(C)O)c(F)c(-c3cc(Cl)c(F)cc3F)n2)C2CC2)cc2cc(Cl)c(C)nc12. The number of hydrogen-bond acceptors (Lipinski definition) is 6. The number of carbonyl (C=O) groups is 1. The van der Waals surface area contributed by atoms with Gasteiger partial charge in [-0.05, 0) is 69.9 Å². The number of hydrogen-bond donors (Lipinski definition) is 3. The number of nitrogens with zero attached hydrogens (tertiary/aromatic N) is 2. The molecule has 0 bridgehead atoms. The second-order valence-corrected chi connectivity index (χ2v) is 12.0. The fourth-order valence-electron chi connectivity index (χ4n) is 5.01. The van der Waals surface area contributed by atoms with Gasteiger partial charge in [0.2, 0.25) is 0 Å². The molecule has 43 heavy (non-hydrogen) atoms. The van der Waals surface area contributed by atoms with Gasteiger partial charge in [0.05, 0.1) is 40.7 Å². The molecule has 2 aromatic carbocycles. The third kappa shape index (κ3) is 5.89. The van der Waals surface area contributed by atoms with Gasteiger partial charge in [0.25, 0.3) is 5.91 Å². The Morgan fingerprint density at radius 2 is 1.72 bits per heavy atom. The van der Waals surface area contributed by atoms with Crippen molar-refractivity contribution in [1.29, 1.82) is 0 Å². The van der Waals surface area contributed by atoms with E-state index in [4.69, 9.17) is 27.9 Å². The first-order valence-corrected chi connectivity index (χ1v) is 14.1. The molecule has 1 amide bonds. The van der Waals surface area contributed by atoms with E-state index in [0.717, 1.165) is 6.07 Å². The van der Waals surface area contributed by atoms with E-state index in [2.05, 4.69) is 15.3 Å². The molecule has 7 nitrogen and oxygen atoms in total. The number of fused-ring (bicyclic) bond motifs is 1. The number of rotatable bonds is 8. The highest BCUT2D eigenvalue weighted by Gasteiger charge is 2.47. The molecule has 1 aliphatic rings. The minimum atomic E-state index is -1.83. The van der Waals surface area contributed by atoms with Gasteiger partial charge >= 0.3 is 0 Å². The molecule has 2 heterocycles. The van der Waals surface area contributed by atoms with Gasteiger partial charge in [-0.2, -0.15) is 0 Å². The summed E-state index contributed by atoms with van der Waals surface area (Å²) in [5.41, 5.74) is -3.70. The highest BCUT2D eigenvalue weighted by Crippen LogP contribution is 2.46. The maximum absolute atomic E-state index is 15.7. The first kappa shape index (κ1) is 31.0. The number of carbonyl (C=O) groups excluding carboxylic acids is 1. The zero-order valence-electron chi connectivity index (χ0n) is 23.7.